The summed E-state index contributed by atoms with van der Waals surface area (Å²) in [6.45, 7) is 0. The van der Waals surface area contributed by atoms with Crippen LogP contribution in [0.2, 0.25) is 0 Å². The van der Waals surface area contributed by atoms with Gasteiger partial charge in [-0.15, -0.1) is 0 Å². The Morgan fingerprint density at radius 1 is 0.909 bits per heavy atom. The van der Waals surface area contributed by atoms with Gasteiger partial charge in [0.05, 0.1) is 10.8 Å². The van der Waals surface area contributed by atoms with Crippen molar-refractivity contribution in [1.82, 2.24) is 0 Å². The van der Waals surface area contributed by atoms with Crippen molar-refractivity contribution < 1.29 is 13.2 Å². The summed E-state index contributed by atoms with van der Waals surface area (Å²) in [5.41, 5.74) is 0. The number of rotatable bonds is 0. The van der Waals surface area contributed by atoms with E-state index in [1.54, 1.807) is 12.1 Å². The van der Waals surface area contributed by atoms with Crippen molar-refractivity contribution in [3.8, 4) is 0 Å². The minimum Gasteiger partial charge on any atom is -0.403 e. The van der Waals surface area contributed by atoms with Crippen molar-refractivity contribution in [2.75, 3.05) is 0 Å². The maximum atomic E-state index is 12.6. The molecular weight excluding hydrogens is 150 g/mol. The lowest BCUT2D eigenvalue weighted by molar-refractivity contribution is 0.272. The van der Waals surface area contributed by atoms with Gasteiger partial charge in [-0.05, 0) is 12.1 Å². The first-order valence-corrected chi connectivity index (χ1v) is 3.11. The molecule has 0 fully saturated rings. The normalized spacial score (nSPS) is 10.7. The van der Waals surface area contributed by atoms with Crippen LogP contribution in [0.25, 0.3) is 10.8 Å². The molecule has 0 radical (unpaired) electrons. The number of halogens is 2. The molecule has 1 aromatic carbocycles. The van der Waals surface area contributed by atoms with Crippen molar-refractivity contribution in [3.63, 3.8) is 0 Å². The van der Waals surface area contributed by atoms with Gasteiger partial charge in [0.1, 0.15) is 0 Å². The summed E-state index contributed by atoms with van der Waals surface area (Å²) >= 11 is 0. The molecule has 0 saturated heterocycles. The lowest BCUT2D eigenvalue weighted by atomic mass is 10.2. The molecule has 0 aliphatic carbocycles. The number of hydrogen-bond donors (Lipinski definition) is 0. The van der Waals surface area contributed by atoms with Crippen LogP contribution < -0.4 is 0 Å². The highest BCUT2D eigenvalue weighted by atomic mass is 19.2. The summed E-state index contributed by atoms with van der Waals surface area (Å²) in [7, 11) is 0. The molecule has 2 aromatic rings. The number of furan rings is 1. The first kappa shape index (κ1) is 6.34. The van der Waals surface area contributed by atoms with Crippen LogP contribution in [0.4, 0.5) is 8.78 Å². The third-order valence-electron chi connectivity index (χ3n) is 1.53. The highest BCUT2D eigenvalue weighted by Gasteiger charge is 2.10. The molecule has 1 nitrogen and oxygen atoms in total. The monoisotopic (exact) mass is 154 g/mol. The average molecular weight is 154 g/mol. The zero-order valence-corrected chi connectivity index (χ0v) is 5.47. The Morgan fingerprint density at radius 2 is 1.36 bits per heavy atom. The van der Waals surface area contributed by atoms with Gasteiger partial charge in [-0.2, -0.15) is 8.78 Å². The van der Waals surface area contributed by atoms with Gasteiger partial charge in [-0.25, -0.2) is 0 Å². The van der Waals surface area contributed by atoms with E-state index in [9.17, 15) is 8.78 Å². The Bertz CT molecular complexity index is 356. The fraction of sp³-hybridized carbons (Fsp3) is 0. The summed E-state index contributed by atoms with van der Waals surface area (Å²) < 4.78 is 29.3. The van der Waals surface area contributed by atoms with E-state index >= 15 is 0 Å². The molecule has 0 unspecified atom stereocenters. The lowest BCUT2D eigenvalue weighted by Gasteiger charge is -1.82. The van der Waals surface area contributed by atoms with Crippen molar-refractivity contribution in [2.24, 2.45) is 0 Å². The maximum Gasteiger partial charge on any atom is 0.288 e. The van der Waals surface area contributed by atoms with Crippen LogP contribution in [0.3, 0.4) is 0 Å². The van der Waals surface area contributed by atoms with Crippen molar-refractivity contribution >= 4 is 10.8 Å². The largest absolute Gasteiger partial charge is 0.403 e. The third-order valence-corrected chi connectivity index (χ3v) is 1.53. The minimum atomic E-state index is -0.863. The second kappa shape index (κ2) is 2.05. The van der Waals surface area contributed by atoms with Crippen LogP contribution in [-0.2, 0) is 0 Å². The Morgan fingerprint density at radius 3 is 1.82 bits per heavy atom. The Kier molecular flexibility index (Phi) is 1.18. The van der Waals surface area contributed by atoms with Crippen molar-refractivity contribution in [1.29, 1.82) is 0 Å². The number of benzene rings is 1. The Hall–Kier alpha value is -1.38. The van der Waals surface area contributed by atoms with Gasteiger partial charge in [0.15, 0.2) is 0 Å². The van der Waals surface area contributed by atoms with Crippen LogP contribution in [0.15, 0.2) is 28.7 Å². The molecule has 0 bridgehead atoms. The molecule has 0 N–H and O–H groups in total. The van der Waals surface area contributed by atoms with E-state index in [4.69, 9.17) is 0 Å². The summed E-state index contributed by atoms with van der Waals surface area (Å²) in [4.78, 5) is 0. The summed E-state index contributed by atoms with van der Waals surface area (Å²) in [5.74, 6) is 0. The van der Waals surface area contributed by atoms with Crippen LogP contribution in [0, 0.1) is 12.0 Å². The van der Waals surface area contributed by atoms with Gasteiger partial charge in [-0.1, -0.05) is 12.1 Å². The zero-order valence-electron chi connectivity index (χ0n) is 5.47. The van der Waals surface area contributed by atoms with Crippen LogP contribution in [0.1, 0.15) is 0 Å². The highest BCUT2D eigenvalue weighted by molar-refractivity contribution is 5.81. The van der Waals surface area contributed by atoms with Gasteiger partial charge < -0.3 is 4.42 Å². The second-order valence-corrected chi connectivity index (χ2v) is 2.20. The van der Waals surface area contributed by atoms with Gasteiger partial charge in [0.25, 0.3) is 12.0 Å². The summed E-state index contributed by atoms with van der Waals surface area (Å²) in [5, 5.41) is 0.370. The molecule has 0 aliphatic heterocycles. The quantitative estimate of drug-likeness (QED) is 0.568. The standard InChI is InChI=1S/C8H4F2O/c9-7-5-3-1-2-4-6(5)8(10)11-7/h1-4H. The molecule has 1 heterocycles. The topological polar surface area (TPSA) is 13.1 Å². The molecule has 0 spiro atoms. The fourth-order valence-electron chi connectivity index (χ4n) is 1.01. The fourth-order valence-corrected chi connectivity index (χ4v) is 1.01. The third kappa shape index (κ3) is 0.808. The minimum absolute atomic E-state index is 0.185. The molecule has 0 aliphatic rings. The first-order chi connectivity index (χ1) is 5.29. The Labute approximate surface area is 61.2 Å². The number of fused-ring (bicyclic) bond motifs is 1. The van der Waals surface area contributed by atoms with Crippen molar-refractivity contribution in [3.05, 3.63) is 36.3 Å². The molecular formula is C8H4F2O. The zero-order chi connectivity index (χ0) is 7.84. The van der Waals surface area contributed by atoms with Crippen LogP contribution in [0.5, 0.6) is 0 Å². The van der Waals surface area contributed by atoms with E-state index < -0.39 is 12.0 Å². The van der Waals surface area contributed by atoms with Gasteiger partial charge in [0, 0.05) is 0 Å². The lowest BCUT2D eigenvalue weighted by Crippen LogP contribution is -1.66. The van der Waals surface area contributed by atoms with E-state index in [2.05, 4.69) is 4.42 Å². The molecule has 1 aromatic heterocycles. The molecule has 56 valence electrons. The van der Waals surface area contributed by atoms with E-state index in [1.165, 1.54) is 12.1 Å². The van der Waals surface area contributed by atoms with E-state index in [0.717, 1.165) is 0 Å². The smallest absolute Gasteiger partial charge is 0.288 e. The summed E-state index contributed by atoms with van der Waals surface area (Å²) in [6, 6.07) is 4.46. The molecule has 2 rings (SSSR count). The molecule has 0 saturated carbocycles. The molecule has 3 heteroatoms. The maximum absolute atomic E-state index is 12.6. The van der Waals surface area contributed by atoms with Gasteiger partial charge in [0.2, 0.25) is 0 Å². The second-order valence-electron chi connectivity index (χ2n) is 2.20. The predicted molar refractivity (Wildman–Crippen MR) is 36.1 cm³/mol. The SMILES string of the molecule is Fc1oc(F)c2ccccc12. The van der Waals surface area contributed by atoms with Crippen LogP contribution >= 0.6 is 0 Å². The molecule has 0 amide bonds. The first-order valence-electron chi connectivity index (χ1n) is 3.11. The predicted octanol–water partition coefficient (Wildman–Crippen LogP) is 2.71. The van der Waals surface area contributed by atoms with E-state index in [1.807, 2.05) is 0 Å². The van der Waals surface area contributed by atoms with Crippen LogP contribution in [-0.4, -0.2) is 0 Å². The molecule has 11 heavy (non-hydrogen) atoms. The highest BCUT2D eigenvalue weighted by Crippen LogP contribution is 2.22. The summed E-state index contributed by atoms with van der Waals surface area (Å²) in [6.07, 6.45) is 0. The van der Waals surface area contributed by atoms with Gasteiger partial charge >= 0.3 is 0 Å². The molecule has 0 atom stereocenters. The van der Waals surface area contributed by atoms with E-state index in [0.29, 0.717) is 0 Å². The Balaban J connectivity index is 2.95. The average Bonchev–Trinajstić information content (AvgIpc) is 2.30. The van der Waals surface area contributed by atoms with E-state index in [-0.39, 0.29) is 10.8 Å². The van der Waals surface area contributed by atoms with Gasteiger partial charge in [-0.3, -0.25) is 0 Å². The van der Waals surface area contributed by atoms with Crippen molar-refractivity contribution in [2.45, 2.75) is 0 Å². The number of hydrogen-bond acceptors (Lipinski definition) is 1.